The zero-order valence-electron chi connectivity index (χ0n) is 69.5. The lowest BCUT2D eigenvalue weighted by Crippen LogP contribution is -2.57. The second-order valence-corrected chi connectivity index (χ2v) is 29.7. The first kappa shape index (κ1) is 100. The van der Waals surface area contributed by atoms with Crippen LogP contribution >= 0.6 is 0 Å². The predicted octanol–water partition coefficient (Wildman–Crippen LogP) is 2.68. The topological polar surface area (TPSA) is 790 Å². The van der Waals surface area contributed by atoms with Crippen molar-refractivity contribution in [1.29, 1.82) is 0 Å². The quantitative estimate of drug-likeness (QED) is 0.0235. The molecular weight excluding hydrogens is 1800 g/mol. The van der Waals surface area contributed by atoms with Crippen LogP contribution in [0, 0.1) is 20.8 Å². The summed E-state index contributed by atoms with van der Waals surface area (Å²) in [7, 11) is 0. The molecule has 0 aliphatic carbocycles. The molecule has 0 amide bonds. The van der Waals surface area contributed by atoms with E-state index in [9.17, 15) is 176 Å². The Morgan fingerprint density at radius 2 is 0.493 bits per heavy atom. The molecule has 0 saturated carbocycles. The van der Waals surface area contributed by atoms with Gasteiger partial charge in [-0.2, -0.15) is 0 Å². The van der Waals surface area contributed by atoms with E-state index in [1.807, 2.05) is 0 Å². The minimum Gasteiger partial charge on any atom is -0.508 e. The van der Waals surface area contributed by atoms with Gasteiger partial charge in [-0.1, -0.05) is 0 Å². The molecule has 12 rings (SSSR count). The number of hydrogen-bond acceptors (Lipinski definition) is 47. The molecule has 12 atom stereocenters. The lowest BCUT2D eigenvalue weighted by atomic mass is 9.99. The van der Waals surface area contributed by atoms with Crippen LogP contribution in [0.4, 0.5) is 0 Å². The van der Waals surface area contributed by atoms with Gasteiger partial charge in [-0.15, -0.1) is 0 Å². The first-order valence-corrected chi connectivity index (χ1v) is 39.0. The van der Waals surface area contributed by atoms with Crippen molar-refractivity contribution in [1.82, 2.24) is 0 Å². The zero-order valence-corrected chi connectivity index (χ0v) is 69.5. The highest BCUT2D eigenvalue weighted by Crippen LogP contribution is 2.42. The van der Waals surface area contributed by atoms with Crippen molar-refractivity contribution in [2.24, 2.45) is 0 Å². The fraction of sp³-hybridized carbons (Fsp3) is 0.276. The van der Waals surface area contributed by atoms with Crippen LogP contribution in [-0.4, -0.2) is 299 Å². The lowest BCUT2D eigenvalue weighted by Gasteiger charge is -2.38. The van der Waals surface area contributed by atoms with Crippen molar-refractivity contribution in [2.75, 3.05) is 39.6 Å². The van der Waals surface area contributed by atoms with Gasteiger partial charge in [-0.25, -0.2) is 43.2 Å². The summed E-state index contributed by atoms with van der Waals surface area (Å²) in [6.07, 6.45) is -19.1. The van der Waals surface area contributed by atoms with Gasteiger partial charge in [0.2, 0.25) is 0 Å². The number of aliphatic hydroxyl groups is 6. The maximum atomic E-state index is 13.1. The van der Waals surface area contributed by atoms with Crippen LogP contribution in [0.2, 0.25) is 0 Å². The number of carbonyl (C=O) groups is 9. The van der Waals surface area contributed by atoms with Crippen LogP contribution in [-0.2, 0) is 76.7 Å². The summed E-state index contributed by atoms with van der Waals surface area (Å²) < 4.78 is 64.5. The Hall–Kier alpha value is -16.2. The SMILES string of the molecule is Cc1cc(C(=O)OC2COC(COC(=O)c3cc(O)c(O)c(O)c3)C(O)C2OC(=O)c2cc(O)c(O)c(CO)c2)cc(O)c1O.Cc1cc(C(=O)OC2COC(COC(=O)c3cc(O)c(O)c(O)c3)C(O)C2OC(=O)c2ccc(O)c(CO)c2)cc(O)c1O.Cc1cc(C(=O)OC2COC(COC(=O)c3cc(O)c(O)c(O)c3)C(OC(=O)c3cc(O)c(O)c(CO)c3)C2O)cc(O)c1O. The van der Waals surface area contributed by atoms with Crippen molar-refractivity contribution in [3.8, 4) is 115 Å². The largest absolute Gasteiger partial charge is 0.508 e. The number of aliphatic hydroxyl groups excluding tert-OH is 6. The molecule has 26 N–H and O–H groups in total. The normalized spacial score (nSPS) is 19.5. The van der Waals surface area contributed by atoms with E-state index < -0.39 is 296 Å². The summed E-state index contributed by atoms with van der Waals surface area (Å²) in [5.41, 5.74) is -2.59. The zero-order chi connectivity index (χ0) is 98.6. The van der Waals surface area contributed by atoms with Crippen molar-refractivity contribution in [3.05, 3.63) is 199 Å². The Morgan fingerprint density at radius 1 is 0.254 bits per heavy atom. The number of rotatable bonds is 24. The van der Waals surface area contributed by atoms with Crippen molar-refractivity contribution in [2.45, 2.75) is 114 Å². The highest BCUT2D eigenvalue weighted by Gasteiger charge is 2.49. The predicted molar refractivity (Wildman–Crippen MR) is 437 cm³/mol. The summed E-state index contributed by atoms with van der Waals surface area (Å²) >= 11 is 0. The molecule has 0 spiro atoms. The molecule has 0 bridgehead atoms. The van der Waals surface area contributed by atoms with Gasteiger partial charge < -0.3 is 190 Å². The number of phenolic OH excluding ortho intramolecular Hbond substituents is 17. The van der Waals surface area contributed by atoms with Crippen molar-refractivity contribution >= 4 is 53.7 Å². The maximum absolute atomic E-state index is 13.1. The summed E-state index contributed by atoms with van der Waals surface area (Å²) in [4.78, 5) is 115. The summed E-state index contributed by atoms with van der Waals surface area (Å²) in [6.45, 7) is -1.44. The standard InChI is InChI=1S/2C29H28O16.C29H28O15/c1-11-2-12(4-16(31)22(11)35)28(40)44-21-10-42-20(9-43-27(39)14-6-18(33)24(37)19(34)7-14)25(38)26(21)45-29(41)13-3-15(8-30)23(36)17(32)5-13;1-11-2-12(4-16(31)22(11)35)28(40)44-20-9-42-21(10-43-27(39)14-6-18(33)24(37)19(34)7-14)26(25(20)38)45-29(41)13-3-15(8-30)23(36)17(32)5-13;1-12-4-14(6-18(32)23(12)35)29(40)43-22-11-41-21(10-42-27(38)15-7-19(33)24(36)20(34)8-15)25(37)26(22)44-28(39)13-2-3-17(31)16(5-13)9-30/h2*2-7,20-21,25-26,30-38H,8-10H2,1H3;2-8,21-22,25-26,30-37H,9-11H2,1H3. The maximum Gasteiger partial charge on any atom is 0.338 e. The smallest absolute Gasteiger partial charge is 0.338 e. The van der Waals surface area contributed by atoms with Gasteiger partial charge >= 0.3 is 53.7 Å². The van der Waals surface area contributed by atoms with Gasteiger partial charge in [0, 0.05) is 16.7 Å². The van der Waals surface area contributed by atoms with Crippen LogP contribution < -0.4 is 0 Å². The van der Waals surface area contributed by atoms with Crippen LogP contribution in [0.5, 0.6) is 115 Å². The molecule has 12 unspecified atom stereocenters. The van der Waals surface area contributed by atoms with E-state index in [1.54, 1.807) is 0 Å². The molecule has 714 valence electrons. The fourth-order valence-electron chi connectivity index (χ4n) is 13.1. The molecule has 3 saturated heterocycles. The summed E-state index contributed by atoms with van der Waals surface area (Å²) in [5, 5.41) is 256. The first-order valence-electron chi connectivity index (χ1n) is 39.0. The Balaban J connectivity index is 0.000000208. The monoisotopic (exact) mass is 1880 g/mol. The fourth-order valence-corrected chi connectivity index (χ4v) is 13.1. The third-order valence-electron chi connectivity index (χ3n) is 20.4. The van der Waals surface area contributed by atoms with Crippen molar-refractivity contribution < 1.29 is 233 Å². The Bertz CT molecular complexity index is 5840. The van der Waals surface area contributed by atoms with E-state index >= 15 is 0 Å². The molecule has 3 fully saturated rings. The van der Waals surface area contributed by atoms with Gasteiger partial charge in [-0.05, 0) is 153 Å². The van der Waals surface area contributed by atoms with Gasteiger partial charge in [0.15, 0.2) is 146 Å². The highest BCUT2D eigenvalue weighted by atomic mass is 16.7. The number of benzene rings is 9. The molecule has 47 heteroatoms. The minimum atomic E-state index is -1.84. The Labute approximate surface area is 750 Å². The average molecular weight is 1880 g/mol. The molecule has 3 aliphatic rings. The third-order valence-corrected chi connectivity index (χ3v) is 20.4. The van der Waals surface area contributed by atoms with E-state index in [4.69, 9.17) is 56.8 Å². The molecule has 9 aromatic carbocycles. The molecule has 3 heterocycles. The highest BCUT2D eigenvalue weighted by molar-refractivity contribution is 5.96. The molecule has 0 radical (unpaired) electrons. The number of esters is 9. The number of hydrogen-bond donors (Lipinski definition) is 26. The molecular formula is C87H84O47. The second-order valence-electron chi connectivity index (χ2n) is 29.7. The third kappa shape index (κ3) is 23.2. The van der Waals surface area contributed by atoms with Crippen molar-refractivity contribution in [3.63, 3.8) is 0 Å². The van der Waals surface area contributed by atoms with E-state index in [0.717, 1.165) is 91.0 Å². The van der Waals surface area contributed by atoms with E-state index in [2.05, 4.69) is 0 Å². The van der Waals surface area contributed by atoms with E-state index in [0.29, 0.717) is 0 Å². The number of ether oxygens (including phenoxy) is 12. The summed E-state index contributed by atoms with van der Waals surface area (Å²) in [6, 6.07) is 18.5. The average Bonchev–Trinajstić information content (AvgIpc) is 0.799. The molecule has 3 aliphatic heterocycles. The van der Waals surface area contributed by atoms with Crippen LogP contribution in [0.25, 0.3) is 0 Å². The van der Waals surface area contributed by atoms with Gasteiger partial charge in [0.05, 0.1) is 89.7 Å². The molecule has 47 nitrogen and oxygen atoms in total. The lowest BCUT2D eigenvalue weighted by molar-refractivity contribution is -0.196. The van der Waals surface area contributed by atoms with Crippen LogP contribution in [0.3, 0.4) is 0 Å². The number of carbonyl (C=O) groups excluding carboxylic acids is 9. The van der Waals surface area contributed by atoms with E-state index in [-0.39, 0.29) is 89.2 Å². The van der Waals surface area contributed by atoms with Gasteiger partial charge in [-0.3, -0.25) is 0 Å². The Morgan fingerprint density at radius 3 is 0.806 bits per heavy atom. The van der Waals surface area contributed by atoms with E-state index in [1.165, 1.54) is 45.0 Å². The molecule has 9 aromatic rings. The Kier molecular flexibility index (Phi) is 31.8. The van der Waals surface area contributed by atoms with Gasteiger partial charge in [0.25, 0.3) is 0 Å². The second kappa shape index (κ2) is 42.6. The molecule has 134 heavy (non-hydrogen) atoms. The first-order chi connectivity index (χ1) is 63.2. The van der Waals surface area contributed by atoms with Crippen LogP contribution in [0.15, 0.2) is 115 Å². The van der Waals surface area contributed by atoms with Gasteiger partial charge in [0.1, 0.15) is 62.2 Å². The summed E-state index contributed by atoms with van der Waals surface area (Å²) in [5.74, 6) is -23.8. The number of aryl methyl sites for hydroxylation is 3. The number of phenols is 20. The molecule has 0 aromatic heterocycles. The van der Waals surface area contributed by atoms with Crippen LogP contribution in [0.1, 0.15) is 127 Å². The number of aromatic hydroxyl groups is 20. The minimum absolute atomic E-state index is 0.00792.